The van der Waals surface area contributed by atoms with Crippen molar-refractivity contribution in [2.75, 3.05) is 0 Å². The maximum atomic E-state index is 11.4. The fourth-order valence-electron chi connectivity index (χ4n) is 2.83. The summed E-state index contributed by atoms with van der Waals surface area (Å²) in [5, 5.41) is 0. The molecule has 1 N–H and O–H groups in total. The molecule has 0 aromatic heterocycles. The Balaban J connectivity index is 3.15. The molecular weight excluding hydrogens is 332 g/mol. The van der Waals surface area contributed by atoms with Crippen molar-refractivity contribution in [3.63, 3.8) is 0 Å². The van der Waals surface area contributed by atoms with Crippen LogP contribution in [0.5, 0.6) is 0 Å². The van der Waals surface area contributed by atoms with E-state index >= 15 is 0 Å². The number of hydrogen-bond donors (Lipinski definition) is 1. The number of carbonyl (C=O) groups excluding carboxylic acids is 1. The van der Waals surface area contributed by atoms with Gasteiger partial charge in [-0.25, -0.2) is 9.37 Å². The maximum Gasteiger partial charge on any atom is 0.382 e. The van der Waals surface area contributed by atoms with Crippen LogP contribution in [0.2, 0.25) is 13.1 Å². The third kappa shape index (κ3) is 21.6. The molecule has 0 aromatic rings. The molecule has 0 aromatic carbocycles. The third-order valence-electron chi connectivity index (χ3n) is 4.32. The Morgan fingerprint density at radius 1 is 0.720 bits per heavy atom. The minimum absolute atomic E-state index is 0.371. The zero-order valence-corrected chi connectivity index (χ0v) is 18.0. The van der Waals surface area contributed by atoms with E-state index in [1.54, 1.807) is 13.1 Å². The van der Waals surface area contributed by atoms with Crippen molar-refractivity contribution >= 4 is 14.5 Å². The minimum atomic E-state index is -2.75. The molecule has 0 bridgehead atoms. The first-order valence-corrected chi connectivity index (χ1v) is 13.4. The lowest BCUT2D eigenvalue weighted by Crippen LogP contribution is -2.31. The average Bonchev–Trinajstić information content (AvgIpc) is 2.56. The first-order valence-electron chi connectivity index (χ1n) is 10.6. The van der Waals surface area contributed by atoms with Gasteiger partial charge in [-0.05, 0) is 19.5 Å². The monoisotopic (exact) mass is 374 g/mol. The molecule has 0 aliphatic carbocycles. The summed E-state index contributed by atoms with van der Waals surface area (Å²) in [4.78, 5) is 25.4. The molecule has 0 saturated heterocycles. The molecule has 0 aliphatic rings. The first kappa shape index (κ1) is 24.6. The van der Waals surface area contributed by atoms with Gasteiger partial charge in [0.2, 0.25) is 0 Å². The quantitative estimate of drug-likeness (QED) is 0.130. The van der Waals surface area contributed by atoms with Gasteiger partial charge in [-0.15, -0.1) is 0 Å². The van der Waals surface area contributed by atoms with Crippen LogP contribution < -0.4 is 0 Å². The molecular formula is C20H42O4Si. The lowest BCUT2D eigenvalue weighted by molar-refractivity contribution is -0.226. The van der Waals surface area contributed by atoms with Crippen molar-refractivity contribution in [1.29, 1.82) is 0 Å². The van der Waals surface area contributed by atoms with Crippen molar-refractivity contribution in [2.45, 2.75) is 123 Å². The standard InChI is InChI=1S/C20H42O4Si/c1-4-5-6-7-8-9-10-11-12-13-14-15-16-17-18-19-20(21)23-24-25(2,3)22/h22H,4-19H2,1-3H3. The summed E-state index contributed by atoms with van der Waals surface area (Å²) in [6, 6.07) is 0. The van der Waals surface area contributed by atoms with Crippen molar-refractivity contribution in [3.05, 3.63) is 0 Å². The largest absolute Gasteiger partial charge is 0.409 e. The number of rotatable bonds is 18. The number of hydrogen-bond acceptors (Lipinski definition) is 4. The molecule has 0 aliphatic heterocycles. The van der Waals surface area contributed by atoms with Crippen LogP contribution in [-0.2, 0) is 14.3 Å². The molecule has 150 valence electrons. The van der Waals surface area contributed by atoms with E-state index in [1.165, 1.54) is 83.5 Å². The van der Waals surface area contributed by atoms with E-state index in [2.05, 4.69) is 11.8 Å². The Morgan fingerprint density at radius 3 is 1.44 bits per heavy atom. The Labute approximate surface area is 156 Å². The second-order valence-electron chi connectivity index (χ2n) is 7.69. The smallest absolute Gasteiger partial charge is 0.382 e. The highest BCUT2D eigenvalue weighted by Crippen LogP contribution is 2.14. The highest BCUT2D eigenvalue weighted by Gasteiger charge is 2.22. The van der Waals surface area contributed by atoms with Crippen LogP contribution >= 0.6 is 0 Å². The maximum absolute atomic E-state index is 11.4. The summed E-state index contributed by atoms with van der Waals surface area (Å²) in [6.45, 7) is 5.39. The highest BCUT2D eigenvalue weighted by atomic mass is 28.4. The Kier molecular flexibility index (Phi) is 16.8. The van der Waals surface area contributed by atoms with Crippen LogP contribution in [0.1, 0.15) is 110 Å². The molecule has 0 amide bonds. The fraction of sp³-hybridized carbons (Fsp3) is 0.950. The van der Waals surface area contributed by atoms with E-state index < -0.39 is 8.56 Å². The SMILES string of the molecule is CCCCCCCCCCCCCCCCCC(=O)OO[Si](C)(C)O. The van der Waals surface area contributed by atoms with Gasteiger partial charge >= 0.3 is 14.5 Å². The molecule has 0 rings (SSSR count). The second kappa shape index (κ2) is 17.0. The van der Waals surface area contributed by atoms with Gasteiger partial charge in [-0.1, -0.05) is 96.8 Å². The topological polar surface area (TPSA) is 55.8 Å². The summed E-state index contributed by atoms with van der Waals surface area (Å²) < 4.78 is 4.71. The summed E-state index contributed by atoms with van der Waals surface area (Å²) in [7, 11) is -2.75. The molecule has 0 saturated carbocycles. The molecule has 0 atom stereocenters. The normalized spacial score (nSPS) is 11.7. The van der Waals surface area contributed by atoms with Crippen LogP contribution in [-0.4, -0.2) is 19.3 Å². The van der Waals surface area contributed by atoms with Crippen LogP contribution in [0.25, 0.3) is 0 Å². The number of carbonyl (C=O) groups is 1. The van der Waals surface area contributed by atoms with Gasteiger partial charge in [0.15, 0.2) is 0 Å². The molecule has 0 spiro atoms. The summed E-state index contributed by atoms with van der Waals surface area (Å²) in [6.07, 6.45) is 20.0. The highest BCUT2D eigenvalue weighted by molar-refractivity contribution is 6.62. The van der Waals surface area contributed by atoms with Crippen molar-refractivity contribution in [2.24, 2.45) is 0 Å². The Hall–Kier alpha value is -0.393. The predicted molar refractivity (Wildman–Crippen MR) is 106 cm³/mol. The summed E-state index contributed by atoms with van der Waals surface area (Å²) in [5.74, 6) is -0.371. The van der Waals surface area contributed by atoms with Crippen molar-refractivity contribution < 1.29 is 19.1 Å². The van der Waals surface area contributed by atoms with E-state index in [1.807, 2.05) is 0 Å². The zero-order valence-electron chi connectivity index (χ0n) is 17.0. The molecule has 0 fully saturated rings. The molecule has 5 heteroatoms. The van der Waals surface area contributed by atoms with Gasteiger partial charge in [0.25, 0.3) is 0 Å². The van der Waals surface area contributed by atoms with Gasteiger partial charge < -0.3 is 9.68 Å². The van der Waals surface area contributed by atoms with E-state index in [9.17, 15) is 9.59 Å². The molecule has 0 unspecified atom stereocenters. The average molecular weight is 375 g/mol. The van der Waals surface area contributed by atoms with Gasteiger partial charge in [-0.2, -0.15) is 0 Å². The zero-order chi connectivity index (χ0) is 18.8. The second-order valence-corrected chi connectivity index (χ2v) is 10.7. The lowest BCUT2D eigenvalue weighted by atomic mass is 10.0. The third-order valence-corrected chi connectivity index (χ3v) is 4.81. The number of unbranched alkanes of at least 4 members (excludes halogenated alkanes) is 14. The van der Waals surface area contributed by atoms with E-state index in [-0.39, 0.29) is 5.97 Å². The predicted octanol–water partition coefficient (Wildman–Crippen LogP) is 6.42. The van der Waals surface area contributed by atoms with Gasteiger partial charge in [0.05, 0.1) is 0 Å². The van der Waals surface area contributed by atoms with E-state index in [4.69, 9.17) is 4.58 Å². The van der Waals surface area contributed by atoms with Gasteiger partial charge in [0, 0.05) is 6.42 Å². The van der Waals surface area contributed by atoms with E-state index in [0.717, 1.165) is 12.8 Å². The van der Waals surface area contributed by atoms with Gasteiger partial charge in [0.1, 0.15) is 0 Å². The van der Waals surface area contributed by atoms with Crippen molar-refractivity contribution in [3.8, 4) is 0 Å². The fourth-order valence-corrected chi connectivity index (χ4v) is 3.13. The summed E-state index contributed by atoms with van der Waals surface area (Å²) >= 11 is 0. The van der Waals surface area contributed by atoms with Crippen molar-refractivity contribution in [1.82, 2.24) is 0 Å². The van der Waals surface area contributed by atoms with E-state index in [0.29, 0.717) is 6.42 Å². The van der Waals surface area contributed by atoms with Gasteiger partial charge in [-0.3, -0.25) is 0 Å². The Bertz CT molecular complexity index is 303. The van der Waals surface area contributed by atoms with Crippen LogP contribution in [0.4, 0.5) is 0 Å². The van der Waals surface area contributed by atoms with Crippen LogP contribution in [0, 0.1) is 0 Å². The molecule has 0 radical (unpaired) electrons. The first-order chi connectivity index (χ1) is 12.0. The summed E-state index contributed by atoms with van der Waals surface area (Å²) in [5.41, 5.74) is 0. The lowest BCUT2D eigenvalue weighted by Gasteiger charge is -2.12. The molecule has 4 nitrogen and oxygen atoms in total. The van der Waals surface area contributed by atoms with Crippen LogP contribution in [0.15, 0.2) is 0 Å². The Morgan fingerprint density at radius 2 is 1.08 bits per heavy atom. The van der Waals surface area contributed by atoms with Crippen LogP contribution in [0.3, 0.4) is 0 Å². The minimum Gasteiger partial charge on any atom is -0.409 e. The molecule has 0 heterocycles. The molecule has 25 heavy (non-hydrogen) atoms.